The number of hydrogen-bond donors (Lipinski definition) is 1. The lowest BCUT2D eigenvalue weighted by molar-refractivity contribution is 0.270. The van der Waals surface area contributed by atoms with Crippen molar-refractivity contribution in [1.82, 2.24) is 10.2 Å². The minimum atomic E-state index is -0.535. The van der Waals surface area contributed by atoms with E-state index in [4.69, 9.17) is 0 Å². The van der Waals surface area contributed by atoms with Crippen LogP contribution >= 0.6 is 0 Å². The van der Waals surface area contributed by atoms with Crippen molar-refractivity contribution in [3.63, 3.8) is 0 Å². The minimum absolute atomic E-state index is 0.273. The van der Waals surface area contributed by atoms with Gasteiger partial charge in [-0.1, -0.05) is 19.9 Å². The summed E-state index contributed by atoms with van der Waals surface area (Å²) in [5, 5.41) is 3.25. The summed E-state index contributed by atoms with van der Waals surface area (Å²) < 4.78 is 26.1. The molecule has 1 aromatic carbocycles. The van der Waals surface area contributed by atoms with E-state index in [9.17, 15) is 8.78 Å². The predicted octanol–water partition coefficient (Wildman–Crippen LogP) is 2.78. The standard InChI is InChI=1S/C14H22F2N2/c1-4-18(5-2)10-11(3)17-9-12-6-7-13(15)8-14(12)16/h6-8,11,17H,4-5,9-10H2,1-3H3. The molecule has 1 rings (SSSR count). The van der Waals surface area contributed by atoms with Crippen LogP contribution in [0.2, 0.25) is 0 Å². The van der Waals surface area contributed by atoms with Crippen molar-refractivity contribution in [3.05, 3.63) is 35.4 Å². The van der Waals surface area contributed by atoms with Crippen LogP contribution in [0.3, 0.4) is 0 Å². The van der Waals surface area contributed by atoms with Crippen LogP contribution in [0.25, 0.3) is 0 Å². The summed E-state index contributed by atoms with van der Waals surface area (Å²) in [6, 6.07) is 3.97. The van der Waals surface area contributed by atoms with Gasteiger partial charge in [0.15, 0.2) is 0 Å². The number of rotatable bonds is 7. The zero-order chi connectivity index (χ0) is 13.5. The normalized spacial score (nSPS) is 13.0. The van der Waals surface area contributed by atoms with Crippen LogP contribution in [0.5, 0.6) is 0 Å². The van der Waals surface area contributed by atoms with Crippen LogP contribution in [-0.2, 0) is 6.54 Å². The van der Waals surface area contributed by atoms with Gasteiger partial charge < -0.3 is 10.2 Å². The zero-order valence-corrected chi connectivity index (χ0v) is 11.3. The summed E-state index contributed by atoms with van der Waals surface area (Å²) in [4.78, 5) is 2.30. The second-order valence-corrected chi connectivity index (χ2v) is 4.50. The fourth-order valence-electron chi connectivity index (χ4n) is 1.88. The summed E-state index contributed by atoms with van der Waals surface area (Å²) in [7, 11) is 0. The third-order valence-electron chi connectivity index (χ3n) is 3.08. The minimum Gasteiger partial charge on any atom is -0.309 e. The molecule has 0 saturated carbocycles. The molecule has 0 saturated heterocycles. The number of hydrogen-bond acceptors (Lipinski definition) is 2. The Kier molecular flexibility index (Phi) is 6.22. The van der Waals surface area contributed by atoms with Crippen molar-refractivity contribution in [2.45, 2.75) is 33.4 Å². The van der Waals surface area contributed by atoms with Crippen LogP contribution in [0.4, 0.5) is 8.78 Å². The van der Waals surface area contributed by atoms with E-state index >= 15 is 0 Å². The largest absolute Gasteiger partial charge is 0.309 e. The topological polar surface area (TPSA) is 15.3 Å². The van der Waals surface area contributed by atoms with Gasteiger partial charge in [-0.25, -0.2) is 8.78 Å². The second-order valence-electron chi connectivity index (χ2n) is 4.50. The van der Waals surface area contributed by atoms with Crippen molar-refractivity contribution in [2.75, 3.05) is 19.6 Å². The van der Waals surface area contributed by atoms with Gasteiger partial charge in [0.25, 0.3) is 0 Å². The van der Waals surface area contributed by atoms with Crippen LogP contribution in [0, 0.1) is 11.6 Å². The first-order valence-corrected chi connectivity index (χ1v) is 6.46. The van der Waals surface area contributed by atoms with E-state index in [1.807, 2.05) is 0 Å². The Morgan fingerprint density at radius 2 is 1.89 bits per heavy atom. The molecule has 1 N–H and O–H groups in total. The summed E-state index contributed by atoms with van der Waals surface area (Å²) in [6.45, 7) is 9.68. The van der Waals surface area contributed by atoms with E-state index in [0.29, 0.717) is 12.1 Å². The lowest BCUT2D eigenvalue weighted by atomic mass is 10.2. The highest BCUT2D eigenvalue weighted by molar-refractivity contribution is 5.18. The van der Waals surface area contributed by atoms with E-state index < -0.39 is 11.6 Å². The maximum Gasteiger partial charge on any atom is 0.130 e. The lowest BCUT2D eigenvalue weighted by Gasteiger charge is -2.23. The Balaban J connectivity index is 2.44. The molecule has 0 amide bonds. The Bertz CT molecular complexity index is 365. The Labute approximate surface area is 108 Å². The maximum absolute atomic E-state index is 13.4. The van der Waals surface area contributed by atoms with Crippen LogP contribution < -0.4 is 5.32 Å². The summed E-state index contributed by atoms with van der Waals surface area (Å²) in [5.74, 6) is -1.02. The van der Waals surface area contributed by atoms with Gasteiger partial charge in [-0.3, -0.25) is 0 Å². The number of nitrogens with zero attached hydrogens (tertiary/aromatic N) is 1. The van der Waals surface area contributed by atoms with Gasteiger partial charge >= 0.3 is 0 Å². The van der Waals surface area contributed by atoms with Crippen molar-refractivity contribution in [3.8, 4) is 0 Å². The smallest absolute Gasteiger partial charge is 0.130 e. The zero-order valence-electron chi connectivity index (χ0n) is 11.3. The molecule has 1 aromatic rings. The number of likely N-dealkylation sites (N-methyl/N-ethyl adjacent to an activating group) is 1. The molecular formula is C14H22F2N2. The van der Waals surface area contributed by atoms with Crippen LogP contribution in [-0.4, -0.2) is 30.6 Å². The summed E-state index contributed by atoms with van der Waals surface area (Å²) in [5.41, 5.74) is 0.503. The molecule has 0 radical (unpaired) electrons. The number of benzene rings is 1. The molecule has 0 aliphatic rings. The highest BCUT2D eigenvalue weighted by Crippen LogP contribution is 2.09. The van der Waals surface area contributed by atoms with Gasteiger partial charge in [0.05, 0.1) is 0 Å². The maximum atomic E-state index is 13.4. The van der Waals surface area contributed by atoms with Crippen molar-refractivity contribution in [1.29, 1.82) is 0 Å². The average molecular weight is 256 g/mol. The van der Waals surface area contributed by atoms with E-state index in [1.165, 1.54) is 12.1 Å². The fraction of sp³-hybridized carbons (Fsp3) is 0.571. The first-order valence-electron chi connectivity index (χ1n) is 6.46. The Hall–Kier alpha value is -1.00. The second kappa shape index (κ2) is 7.44. The summed E-state index contributed by atoms with van der Waals surface area (Å²) >= 11 is 0. The van der Waals surface area contributed by atoms with E-state index in [1.54, 1.807) is 0 Å². The molecule has 0 aliphatic carbocycles. The third kappa shape index (κ3) is 4.70. The fourth-order valence-corrected chi connectivity index (χ4v) is 1.88. The quantitative estimate of drug-likeness (QED) is 0.807. The molecule has 0 aliphatic heterocycles. The predicted molar refractivity (Wildman–Crippen MR) is 70.4 cm³/mol. The molecule has 1 atom stereocenters. The van der Waals surface area contributed by atoms with E-state index in [2.05, 4.69) is 31.0 Å². The van der Waals surface area contributed by atoms with E-state index in [-0.39, 0.29) is 6.04 Å². The number of halogens is 2. The summed E-state index contributed by atoms with van der Waals surface area (Å²) in [6.07, 6.45) is 0. The third-order valence-corrected chi connectivity index (χ3v) is 3.08. The van der Waals surface area contributed by atoms with Gasteiger partial charge in [-0.05, 0) is 26.1 Å². The molecule has 0 bridgehead atoms. The monoisotopic (exact) mass is 256 g/mol. The van der Waals surface area contributed by atoms with Gasteiger partial charge in [0, 0.05) is 30.8 Å². The van der Waals surface area contributed by atoms with Gasteiger partial charge in [-0.15, -0.1) is 0 Å². The lowest BCUT2D eigenvalue weighted by Crippen LogP contribution is -2.38. The van der Waals surface area contributed by atoms with E-state index in [0.717, 1.165) is 25.7 Å². The van der Waals surface area contributed by atoms with Gasteiger partial charge in [0.1, 0.15) is 11.6 Å². The van der Waals surface area contributed by atoms with Crippen LogP contribution in [0.1, 0.15) is 26.3 Å². The highest BCUT2D eigenvalue weighted by Gasteiger charge is 2.08. The van der Waals surface area contributed by atoms with Gasteiger partial charge in [0.2, 0.25) is 0 Å². The highest BCUT2D eigenvalue weighted by atomic mass is 19.1. The Morgan fingerprint density at radius 3 is 2.44 bits per heavy atom. The SMILES string of the molecule is CCN(CC)CC(C)NCc1ccc(F)cc1F. The molecule has 4 heteroatoms. The molecule has 0 spiro atoms. The average Bonchev–Trinajstić information content (AvgIpc) is 2.35. The molecule has 18 heavy (non-hydrogen) atoms. The molecule has 0 heterocycles. The molecule has 2 nitrogen and oxygen atoms in total. The molecule has 0 aromatic heterocycles. The first kappa shape index (κ1) is 15.1. The van der Waals surface area contributed by atoms with Crippen molar-refractivity contribution >= 4 is 0 Å². The van der Waals surface area contributed by atoms with Crippen LogP contribution in [0.15, 0.2) is 18.2 Å². The Morgan fingerprint density at radius 1 is 1.22 bits per heavy atom. The molecule has 0 fully saturated rings. The van der Waals surface area contributed by atoms with Crippen molar-refractivity contribution in [2.24, 2.45) is 0 Å². The van der Waals surface area contributed by atoms with Gasteiger partial charge in [-0.2, -0.15) is 0 Å². The first-order chi connectivity index (χ1) is 8.56. The molecular weight excluding hydrogens is 234 g/mol. The molecule has 1 unspecified atom stereocenters. The number of nitrogens with one attached hydrogen (secondary N) is 1. The van der Waals surface area contributed by atoms with Crippen molar-refractivity contribution < 1.29 is 8.78 Å². The molecule has 102 valence electrons.